The maximum atomic E-state index is 12.5. The van der Waals surface area contributed by atoms with Crippen molar-refractivity contribution in [1.82, 2.24) is 10.2 Å². The number of carbonyl (C=O) groups excluding carboxylic acids is 1. The molecule has 1 saturated heterocycles. The number of fused-ring (bicyclic) bond motifs is 1. The Labute approximate surface area is 143 Å². The molecule has 4 atom stereocenters. The fraction of sp³-hybridized carbons (Fsp3) is 0.611. The number of ether oxygens (including phenoxy) is 3. The number of carbonyl (C=O) groups is 1. The topological polar surface area (TPSA) is 60.0 Å². The SMILES string of the molecule is C[C@@H]1CN([C@H](C)C(=O)NC[C@@H]2COc3ccccc3O2)C[C@@H](C)O1. The molecule has 6 nitrogen and oxygen atoms in total. The molecule has 3 rings (SSSR count). The van der Waals surface area contributed by atoms with Crippen LogP contribution in [-0.2, 0) is 9.53 Å². The van der Waals surface area contributed by atoms with Gasteiger partial charge in [-0.2, -0.15) is 0 Å². The molecule has 0 aliphatic carbocycles. The standard InChI is InChI=1S/C18H26N2O4/c1-12-9-20(10-13(2)23-12)14(3)18(21)19-8-15-11-22-16-6-4-5-7-17(16)24-15/h4-7,12-15H,8-11H2,1-3H3,(H,19,21)/t12-,13-,14-,15-/m1/s1. The molecule has 0 bridgehead atoms. The third-order valence-electron chi connectivity index (χ3n) is 4.45. The molecule has 0 radical (unpaired) electrons. The highest BCUT2D eigenvalue weighted by Crippen LogP contribution is 2.30. The second-order valence-electron chi connectivity index (χ2n) is 6.63. The summed E-state index contributed by atoms with van der Waals surface area (Å²) < 4.78 is 17.3. The van der Waals surface area contributed by atoms with E-state index in [-0.39, 0.29) is 30.3 Å². The first kappa shape index (κ1) is 17.0. The summed E-state index contributed by atoms with van der Waals surface area (Å²) in [6.07, 6.45) is 0.129. The number of amides is 1. The molecule has 0 saturated carbocycles. The molecule has 2 aliphatic heterocycles. The van der Waals surface area contributed by atoms with Gasteiger partial charge >= 0.3 is 0 Å². The van der Waals surface area contributed by atoms with E-state index >= 15 is 0 Å². The van der Waals surface area contributed by atoms with E-state index in [0.29, 0.717) is 13.2 Å². The molecule has 0 spiro atoms. The third kappa shape index (κ3) is 3.99. The van der Waals surface area contributed by atoms with Gasteiger partial charge in [0.05, 0.1) is 24.8 Å². The van der Waals surface area contributed by atoms with Crippen molar-refractivity contribution in [2.24, 2.45) is 0 Å². The van der Waals surface area contributed by atoms with Crippen LogP contribution in [0.4, 0.5) is 0 Å². The first-order valence-electron chi connectivity index (χ1n) is 8.58. The minimum atomic E-state index is -0.185. The molecule has 2 aliphatic rings. The van der Waals surface area contributed by atoms with Crippen LogP contribution in [0.25, 0.3) is 0 Å². The molecule has 0 unspecified atom stereocenters. The molecule has 6 heteroatoms. The maximum Gasteiger partial charge on any atom is 0.237 e. The van der Waals surface area contributed by atoms with Gasteiger partial charge < -0.3 is 19.5 Å². The van der Waals surface area contributed by atoms with Gasteiger partial charge in [-0.1, -0.05) is 12.1 Å². The largest absolute Gasteiger partial charge is 0.486 e. The number of rotatable bonds is 4. The smallest absolute Gasteiger partial charge is 0.237 e. The van der Waals surface area contributed by atoms with E-state index in [1.54, 1.807) is 0 Å². The predicted octanol–water partition coefficient (Wildman–Crippen LogP) is 1.44. The van der Waals surface area contributed by atoms with E-state index in [2.05, 4.69) is 10.2 Å². The van der Waals surface area contributed by atoms with E-state index < -0.39 is 0 Å². The molecular formula is C18H26N2O4. The molecule has 1 aromatic carbocycles. The van der Waals surface area contributed by atoms with E-state index in [0.717, 1.165) is 24.6 Å². The molecule has 24 heavy (non-hydrogen) atoms. The molecular weight excluding hydrogens is 308 g/mol. The summed E-state index contributed by atoms with van der Waals surface area (Å²) in [5.74, 6) is 1.50. The number of nitrogens with one attached hydrogen (secondary N) is 1. The number of para-hydroxylation sites is 2. The van der Waals surface area contributed by atoms with Gasteiger partial charge in [0.1, 0.15) is 12.7 Å². The average Bonchev–Trinajstić information content (AvgIpc) is 2.58. The van der Waals surface area contributed by atoms with E-state index in [9.17, 15) is 4.79 Å². The third-order valence-corrected chi connectivity index (χ3v) is 4.45. The van der Waals surface area contributed by atoms with Gasteiger partial charge in [-0.05, 0) is 32.9 Å². The van der Waals surface area contributed by atoms with Gasteiger partial charge in [0.15, 0.2) is 11.5 Å². The molecule has 0 aromatic heterocycles. The fourth-order valence-corrected chi connectivity index (χ4v) is 3.23. The Balaban J connectivity index is 1.49. The van der Waals surface area contributed by atoms with E-state index in [1.807, 2.05) is 45.0 Å². The Kier molecular flexibility index (Phi) is 5.26. The number of morpholine rings is 1. The number of nitrogens with zero attached hydrogens (tertiary/aromatic N) is 1. The molecule has 132 valence electrons. The highest BCUT2D eigenvalue weighted by atomic mass is 16.6. The predicted molar refractivity (Wildman–Crippen MR) is 90.4 cm³/mol. The van der Waals surface area contributed by atoms with Crippen LogP contribution in [0.15, 0.2) is 24.3 Å². The Bertz CT molecular complexity index is 570. The Morgan fingerprint density at radius 3 is 2.62 bits per heavy atom. The fourth-order valence-electron chi connectivity index (χ4n) is 3.23. The maximum absolute atomic E-state index is 12.5. The Morgan fingerprint density at radius 1 is 1.25 bits per heavy atom. The molecule has 1 N–H and O–H groups in total. The summed E-state index contributed by atoms with van der Waals surface area (Å²) in [6, 6.07) is 7.40. The van der Waals surface area contributed by atoms with Crippen molar-refractivity contribution in [3.8, 4) is 11.5 Å². The van der Waals surface area contributed by atoms with Crippen molar-refractivity contribution in [2.45, 2.75) is 45.1 Å². The van der Waals surface area contributed by atoms with Gasteiger partial charge in [0, 0.05) is 13.1 Å². The second kappa shape index (κ2) is 7.40. The average molecular weight is 334 g/mol. The van der Waals surface area contributed by atoms with Crippen molar-refractivity contribution in [1.29, 1.82) is 0 Å². The first-order valence-corrected chi connectivity index (χ1v) is 8.58. The van der Waals surface area contributed by atoms with Crippen LogP contribution in [0.1, 0.15) is 20.8 Å². The zero-order chi connectivity index (χ0) is 17.1. The van der Waals surface area contributed by atoms with Crippen molar-refractivity contribution in [2.75, 3.05) is 26.2 Å². The summed E-state index contributed by atoms with van der Waals surface area (Å²) in [5, 5.41) is 2.98. The van der Waals surface area contributed by atoms with Crippen LogP contribution < -0.4 is 14.8 Å². The van der Waals surface area contributed by atoms with Crippen LogP contribution in [0.5, 0.6) is 11.5 Å². The summed E-state index contributed by atoms with van der Waals surface area (Å²) in [5.41, 5.74) is 0. The number of hydrogen-bond acceptors (Lipinski definition) is 5. The number of hydrogen-bond donors (Lipinski definition) is 1. The van der Waals surface area contributed by atoms with E-state index in [4.69, 9.17) is 14.2 Å². The highest BCUT2D eigenvalue weighted by molar-refractivity contribution is 5.81. The van der Waals surface area contributed by atoms with Crippen LogP contribution in [-0.4, -0.2) is 61.4 Å². The highest BCUT2D eigenvalue weighted by Gasteiger charge is 2.30. The van der Waals surface area contributed by atoms with Crippen LogP contribution in [0.3, 0.4) is 0 Å². The Hall–Kier alpha value is -1.79. The van der Waals surface area contributed by atoms with Crippen LogP contribution in [0.2, 0.25) is 0 Å². The zero-order valence-electron chi connectivity index (χ0n) is 14.5. The lowest BCUT2D eigenvalue weighted by atomic mass is 10.1. The van der Waals surface area contributed by atoms with Crippen molar-refractivity contribution in [3.05, 3.63) is 24.3 Å². The van der Waals surface area contributed by atoms with E-state index in [1.165, 1.54) is 0 Å². The number of benzene rings is 1. The molecule has 1 amide bonds. The van der Waals surface area contributed by atoms with Crippen molar-refractivity contribution >= 4 is 5.91 Å². The van der Waals surface area contributed by atoms with Crippen LogP contribution in [0, 0.1) is 0 Å². The van der Waals surface area contributed by atoms with Gasteiger partial charge in [-0.15, -0.1) is 0 Å². The summed E-state index contributed by atoms with van der Waals surface area (Å²) in [7, 11) is 0. The molecule has 1 fully saturated rings. The molecule has 2 heterocycles. The molecule has 1 aromatic rings. The van der Waals surface area contributed by atoms with Gasteiger partial charge in [-0.3, -0.25) is 9.69 Å². The van der Waals surface area contributed by atoms with Gasteiger partial charge in [0.2, 0.25) is 5.91 Å². The second-order valence-corrected chi connectivity index (χ2v) is 6.63. The minimum Gasteiger partial charge on any atom is -0.486 e. The lowest BCUT2D eigenvalue weighted by Crippen LogP contribution is -2.55. The quantitative estimate of drug-likeness (QED) is 0.903. The van der Waals surface area contributed by atoms with Gasteiger partial charge in [0.25, 0.3) is 0 Å². The van der Waals surface area contributed by atoms with Crippen LogP contribution >= 0.6 is 0 Å². The normalized spacial score (nSPS) is 28.2. The van der Waals surface area contributed by atoms with Crippen molar-refractivity contribution < 1.29 is 19.0 Å². The zero-order valence-corrected chi connectivity index (χ0v) is 14.5. The van der Waals surface area contributed by atoms with Crippen molar-refractivity contribution in [3.63, 3.8) is 0 Å². The lowest BCUT2D eigenvalue weighted by Gasteiger charge is -2.38. The monoisotopic (exact) mass is 334 g/mol. The summed E-state index contributed by atoms with van der Waals surface area (Å²) in [6.45, 7) is 8.44. The first-order chi connectivity index (χ1) is 11.5. The van der Waals surface area contributed by atoms with Gasteiger partial charge in [-0.25, -0.2) is 0 Å². The minimum absolute atomic E-state index is 0.0127. The summed E-state index contributed by atoms with van der Waals surface area (Å²) in [4.78, 5) is 14.6. The summed E-state index contributed by atoms with van der Waals surface area (Å²) >= 11 is 0. The Morgan fingerprint density at radius 2 is 1.92 bits per heavy atom. The lowest BCUT2D eigenvalue weighted by molar-refractivity contribution is -0.132.